The van der Waals surface area contributed by atoms with E-state index < -0.39 is 0 Å². The summed E-state index contributed by atoms with van der Waals surface area (Å²) in [5.74, 6) is 0.818. The van der Waals surface area contributed by atoms with E-state index in [2.05, 4.69) is 15.3 Å². The summed E-state index contributed by atoms with van der Waals surface area (Å²) in [5, 5.41) is 3.30. The summed E-state index contributed by atoms with van der Waals surface area (Å²) in [7, 11) is 1.71. The minimum Gasteiger partial charge on any atom is -0.377 e. The van der Waals surface area contributed by atoms with Crippen molar-refractivity contribution < 1.29 is 4.74 Å². The molecule has 0 radical (unpaired) electrons. The number of hydrogen-bond acceptors (Lipinski definition) is 4. The molecule has 0 aliphatic heterocycles. The topological polar surface area (TPSA) is 47.0 Å². The number of para-hydroxylation sites is 2. The van der Waals surface area contributed by atoms with E-state index in [1.54, 1.807) is 7.11 Å². The number of aryl methyl sites for hydroxylation is 1. The fourth-order valence-corrected chi connectivity index (χ4v) is 1.62. The lowest BCUT2D eigenvalue weighted by molar-refractivity contribution is 0.0343. The molecule has 0 spiro atoms. The zero-order valence-electron chi connectivity index (χ0n) is 11.3. The molecule has 2 rings (SSSR count). The van der Waals surface area contributed by atoms with E-state index in [1.165, 1.54) is 0 Å². The predicted molar refractivity (Wildman–Crippen MR) is 73.9 cm³/mol. The molecule has 0 bridgehead atoms. The van der Waals surface area contributed by atoms with Gasteiger partial charge in [-0.2, -0.15) is 0 Å². The number of anilines is 1. The first-order valence-electron chi connectivity index (χ1n) is 6.04. The Labute approximate surface area is 107 Å². The maximum absolute atomic E-state index is 5.38. The maximum Gasteiger partial charge on any atom is 0.148 e. The van der Waals surface area contributed by atoms with Crippen molar-refractivity contribution in [2.75, 3.05) is 19.0 Å². The molecule has 0 amide bonds. The van der Waals surface area contributed by atoms with Crippen LogP contribution < -0.4 is 5.32 Å². The van der Waals surface area contributed by atoms with Crippen molar-refractivity contribution in [1.82, 2.24) is 9.97 Å². The Kier molecular flexibility index (Phi) is 3.48. The van der Waals surface area contributed by atoms with E-state index in [4.69, 9.17) is 4.74 Å². The third kappa shape index (κ3) is 2.76. The van der Waals surface area contributed by atoms with Crippen LogP contribution in [0.5, 0.6) is 0 Å². The summed E-state index contributed by atoms with van der Waals surface area (Å²) in [6.45, 7) is 6.71. The maximum atomic E-state index is 5.38. The van der Waals surface area contributed by atoms with Crippen molar-refractivity contribution in [2.45, 2.75) is 26.4 Å². The molecule has 2 aromatic rings. The molecular formula is C14H19N3O. The molecule has 18 heavy (non-hydrogen) atoms. The van der Waals surface area contributed by atoms with Crippen molar-refractivity contribution in [3.63, 3.8) is 0 Å². The van der Waals surface area contributed by atoms with Gasteiger partial charge in [0.15, 0.2) is 0 Å². The lowest BCUT2D eigenvalue weighted by atomic mass is 10.1. The van der Waals surface area contributed by atoms with E-state index in [0.29, 0.717) is 6.54 Å². The highest BCUT2D eigenvalue weighted by atomic mass is 16.5. The molecule has 0 fully saturated rings. The Morgan fingerprint density at radius 2 is 1.78 bits per heavy atom. The van der Waals surface area contributed by atoms with Gasteiger partial charge in [-0.1, -0.05) is 12.1 Å². The second kappa shape index (κ2) is 4.90. The summed E-state index contributed by atoms with van der Waals surface area (Å²) in [5.41, 5.74) is 2.51. The molecule has 1 aromatic heterocycles. The van der Waals surface area contributed by atoms with Crippen LogP contribution in [0, 0.1) is 6.92 Å². The van der Waals surface area contributed by atoms with Crippen LogP contribution in [-0.2, 0) is 4.74 Å². The Morgan fingerprint density at radius 3 is 2.39 bits per heavy atom. The lowest BCUT2D eigenvalue weighted by Crippen LogP contribution is -2.32. The third-order valence-electron chi connectivity index (χ3n) is 2.98. The number of fused-ring (bicyclic) bond motifs is 1. The number of hydrogen-bond donors (Lipinski definition) is 1. The van der Waals surface area contributed by atoms with Gasteiger partial charge in [0.1, 0.15) is 5.82 Å². The molecule has 0 saturated heterocycles. The molecule has 0 saturated carbocycles. The van der Waals surface area contributed by atoms with Gasteiger partial charge in [-0.15, -0.1) is 0 Å². The van der Waals surface area contributed by atoms with Crippen LogP contribution >= 0.6 is 0 Å². The average Bonchev–Trinajstić information content (AvgIpc) is 2.36. The van der Waals surface area contributed by atoms with Gasteiger partial charge in [0.25, 0.3) is 0 Å². The summed E-state index contributed by atoms with van der Waals surface area (Å²) < 4.78 is 5.38. The predicted octanol–water partition coefficient (Wildman–Crippen LogP) is 2.78. The molecule has 4 heteroatoms. The van der Waals surface area contributed by atoms with Crippen molar-refractivity contribution in [3.8, 4) is 0 Å². The molecule has 0 unspecified atom stereocenters. The van der Waals surface area contributed by atoms with Crippen LogP contribution in [0.15, 0.2) is 24.3 Å². The number of nitrogens with zero attached hydrogens (tertiary/aromatic N) is 2. The van der Waals surface area contributed by atoms with Gasteiger partial charge < -0.3 is 10.1 Å². The molecule has 0 aliphatic rings. The van der Waals surface area contributed by atoms with Crippen molar-refractivity contribution in [1.29, 1.82) is 0 Å². The highest BCUT2D eigenvalue weighted by Gasteiger charge is 2.16. The van der Waals surface area contributed by atoms with Crippen molar-refractivity contribution in [3.05, 3.63) is 30.0 Å². The van der Waals surface area contributed by atoms with E-state index >= 15 is 0 Å². The van der Waals surface area contributed by atoms with Crippen molar-refractivity contribution >= 4 is 16.9 Å². The van der Waals surface area contributed by atoms with Gasteiger partial charge in [0, 0.05) is 13.7 Å². The summed E-state index contributed by atoms with van der Waals surface area (Å²) in [6, 6.07) is 7.87. The van der Waals surface area contributed by atoms with E-state index in [0.717, 1.165) is 22.5 Å². The largest absolute Gasteiger partial charge is 0.377 e. The Balaban J connectivity index is 2.25. The number of methoxy groups -OCH3 is 1. The minimum absolute atomic E-state index is 0.222. The number of aromatic nitrogens is 2. The quantitative estimate of drug-likeness (QED) is 0.899. The number of benzene rings is 1. The Bertz CT molecular complexity index is 552. The SMILES string of the molecule is COC(C)(C)CNc1nc2ccccc2nc1C. The van der Waals surface area contributed by atoms with Gasteiger partial charge in [-0.25, -0.2) is 9.97 Å². The van der Waals surface area contributed by atoms with Crippen molar-refractivity contribution in [2.24, 2.45) is 0 Å². The lowest BCUT2D eigenvalue weighted by Gasteiger charge is -2.23. The smallest absolute Gasteiger partial charge is 0.148 e. The third-order valence-corrected chi connectivity index (χ3v) is 2.98. The first-order valence-corrected chi connectivity index (χ1v) is 6.04. The Morgan fingerprint density at radius 1 is 1.17 bits per heavy atom. The second-order valence-electron chi connectivity index (χ2n) is 4.96. The number of ether oxygens (including phenoxy) is 1. The zero-order valence-corrected chi connectivity index (χ0v) is 11.3. The van der Waals surface area contributed by atoms with Gasteiger partial charge in [-0.05, 0) is 32.9 Å². The fraction of sp³-hybridized carbons (Fsp3) is 0.429. The molecule has 1 N–H and O–H groups in total. The first-order chi connectivity index (χ1) is 8.52. The molecular weight excluding hydrogens is 226 g/mol. The highest BCUT2D eigenvalue weighted by Crippen LogP contribution is 2.17. The van der Waals surface area contributed by atoms with Gasteiger partial charge in [-0.3, -0.25) is 0 Å². The fourth-order valence-electron chi connectivity index (χ4n) is 1.62. The van der Waals surface area contributed by atoms with Crippen LogP contribution in [0.2, 0.25) is 0 Å². The Hall–Kier alpha value is -1.68. The summed E-state index contributed by atoms with van der Waals surface area (Å²) in [6.07, 6.45) is 0. The standard InChI is InChI=1S/C14H19N3O/c1-10-13(15-9-14(2,3)18-4)17-12-8-6-5-7-11(12)16-10/h5-8H,9H2,1-4H3,(H,15,17). The summed E-state index contributed by atoms with van der Waals surface area (Å²) in [4.78, 5) is 9.12. The molecule has 4 nitrogen and oxygen atoms in total. The number of nitrogens with one attached hydrogen (secondary N) is 1. The average molecular weight is 245 g/mol. The van der Waals surface area contributed by atoms with E-state index in [-0.39, 0.29) is 5.60 Å². The van der Waals surface area contributed by atoms with E-state index in [1.807, 2.05) is 45.0 Å². The first kappa shape index (κ1) is 12.8. The van der Waals surface area contributed by atoms with Gasteiger partial charge in [0.05, 0.1) is 22.3 Å². The zero-order chi connectivity index (χ0) is 13.2. The normalized spacial score (nSPS) is 11.8. The molecule has 96 valence electrons. The molecule has 1 aromatic carbocycles. The van der Waals surface area contributed by atoms with Gasteiger partial charge in [0.2, 0.25) is 0 Å². The molecule has 0 aliphatic carbocycles. The second-order valence-corrected chi connectivity index (χ2v) is 4.96. The summed E-state index contributed by atoms with van der Waals surface area (Å²) >= 11 is 0. The van der Waals surface area contributed by atoms with E-state index in [9.17, 15) is 0 Å². The van der Waals surface area contributed by atoms with Crippen LogP contribution in [0.3, 0.4) is 0 Å². The molecule has 0 atom stereocenters. The number of rotatable bonds is 4. The molecule has 1 heterocycles. The van der Waals surface area contributed by atoms with Crippen LogP contribution in [-0.4, -0.2) is 29.2 Å². The van der Waals surface area contributed by atoms with Crippen LogP contribution in [0.4, 0.5) is 5.82 Å². The monoisotopic (exact) mass is 245 g/mol. The minimum atomic E-state index is -0.222. The van der Waals surface area contributed by atoms with Crippen LogP contribution in [0.1, 0.15) is 19.5 Å². The van der Waals surface area contributed by atoms with Gasteiger partial charge >= 0.3 is 0 Å². The highest BCUT2D eigenvalue weighted by molar-refractivity contribution is 5.76. The van der Waals surface area contributed by atoms with Crippen LogP contribution in [0.25, 0.3) is 11.0 Å².